The number of carbonyl (C=O) groups is 2. The third-order valence-corrected chi connectivity index (χ3v) is 2.95. The number of aromatic nitrogens is 1. The van der Waals surface area contributed by atoms with E-state index in [4.69, 9.17) is 10.5 Å². The van der Waals surface area contributed by atoms with Crippen LogP contribution in [0.15, 0.2) is 42.6 Å². The zero-order chi connectivity index (χ0) is 16.7. The average Bonchev–Trinajstić information content (AvgIpc) is 2.58. The molecule has 0 aliphatic heterocycles. The molecule has 1 aromatic heterocycles. The summed E-state index contributed by atoms with van der Waals surface area (Å²) in [5.74, 6) is 5.18. The Kier molecular flexibility index (Phi) is 5.31. The summed E-state index contributed by atoms with van der Waals surface area (Å²) in [6, 6.07) is 9.87. The number of hydrogen-bond donors (Lipinski definition) is 2. The van der Waals surface area contributed by atoms with Crippen LogP contribution in [0, 0.1) is 11.8 Å². The predicted molar refractivity (Wildman–Crippen MR) is 85.0 cm³/mol. The molecule has 23 heavy (non-hydrogen) atoms. The number of hydrogen-bond acceptors (Lipinski definition) is 4. The molecule has 0 saturated carbocycles. The van der Waals surface area contributed by atoms with Crippen LogP contribution in [-0.2, 0) is 0 Å². The second-order valence-electron chi connectivity index (χ2n) is 4.49. The molecule has 0 aliphatic carbocycles. The average molecular weight is 309 g/mol. The van der Waals surface area contributed by atoms with Gasteiger partial charge in [0.25, 0.3) is 5.91 Å². The first-order chi connectivity index (χ1) is 11.1. The number of nitrogens with two attached hydrogens (primary N) is 1. The van der Waals surface area contributed by atoms with Gasteiger partial charge in [-0.2, -0.15) is 0 Å². The van der Waals surface area contributed by atoms with E-state index in [0.29, 0.717) is 11.1 Å². The Morgan fingerprint density at radius 3 is 2.65 bits per heavy atom. The molecule has 0 bridgehead atoms. The smallest absolute Gasteiger partial charge is 0.257 e. The molecule has 0 unspecified atom stereocenters. The lowest BCUT2D eigenvalue weighted by atomic mass is 10.1. The van der Waals surface area contributed by atoms with Crippen molar-refractivity contribution in [1.82, 2.24) is 10.3 Å². The SMILES string of the molecule is COc1ncccc1C(=O)NCC#Cc1ccc(C(N)=O)cc1. The van der Waals surface area contributed by atoms with Crippen molar-refractivity contribution in [1.29, 1.82) is 0 Å². The maximum Gasteiger partial charge on any atom is 0.257 e. The molecule has 2 aromatic rings. The number of pyridine rings is 1. The lowest BCUT2D eigenvalue weighted by molar-refractivity contribution is 0.0953. The van der Waals surface area contributed by atoms with Crippen molar-refractivity contribution in [3.05, 3.63) is 59.3 Å². The Morgan fingerprint density at radius 1 is 1.26 bits per heavy atom. The molecule has 3 N–H and O–H groups in total. The van der Waals surface area contributed by atoms with E-state index in [1.165, 1.54) is 7.11 Å². The number of nitrogens with zero attached hydrogens (tertiary/aromatic N) is 1. The zero-order valence-electron chi connectivity index (χ0n) is 12.5. The molecule has 6 heteroatoms. The van der Waals surface area contributed by atoms with E-state index in [9.17, 15) is 9.59 Å². The molecule has 6 nitrogen and oxygen atoms in total. The van der Waals surface area contributed by atoms with Gasteiger partial charge in [0.15, 0.2) is 0 Å². The number of carbonyl (C=O) groups excluding carboxylic acids is 2. The van der Waals surface area contributed by atoms with Gasteiger partial charge in [-0.1, -0.05) is 11.8 Å². The van der Waals surface area contributed by atoms with E-state index in [2.05, 4.69) is 22.1 Å². The molecular weight excluding hydrogens is 294 g/mol. The molecule has 1 aromatic carbocycles. The van der Waals surface area contributed by atoms with Gasteiger partial charge in [-0.25, -0.2) is 4.98 Å². The van der Waals surface area contributed by atoms with E-state index >= 15 is 0 Å². The highest BCUT2D eigenvalue weighted by Gasteiger charge is 2.11. The maximum absolute atomic E-state index is 12.0. The van der Waals surface area contributed by atoms with Crippen LogP contribution in [0.4, 0.5) is 0 Å². The maximum atomic E-state index is 12.0. The summed E-state index contributed by atoms with van der Waals surface area (Å²) in [6.45, 7) is 0.175. The second-order valence-corrected chi connectivity index (χ2v) is 4.49. The summed E-state index contributed by atoms with van der Waals surface area (Å²) in [6.07, 6.45) is 1.55. The Morgan fingerprint density at radius 2 is 2.00 bits per heavy atom. The van der Waals surface area contributed by atoms with Crippen LogP contribution in [-0.4, -0.2) is 30.5 Å². The molecule has 2 amide bonds. The standard InChI is InChI=1S/C17H15N3O3/c1-23-17-14(5-3-11-20-17)16(22)19-10-2-4-12-6-8-13(9-7-12)15(18)21/h3,5-9,11H,10H2,1H3,(H2,18,21)(H,19,22). The van der Waals surface area contributed by atoms with Crippen LogP contribution in [0.2, 0.25) is 0 Å². The van der Waals surface area contributed by atoms with Gasteiger partial charge in [0, 0.05) is 17.3 Å². The molecule has 0 radical (unpaired) electrons. The number of primary amides is 1. The molecule has 0 fully saturated rings. The van der Waals surface area contributed by atoms with Gasteiger partial charge in [-0.3, -0.25) is 9.59 Å². The van der Waals surface area contributed by atoms with E-state index in [-0.39, 0.29) is 18.3 Å². The van der Waals surface area contributed by atoms with Crippen LogP contribution in [0.1, 0.15) is 26.3 Å². The van der Waals surface area contributed by atoms with Crippen molar-refractivity contribution in [2.75, 3.05) is 13.7 Å². The van der Waals surface area contributed by atoms with Crippen molar-refractivity contribution in [3.63, 3.8) is 0 Å². The topological polar surface area (TPSA) is 94.3 Å². The first-order valence-corrected chi connectivity index (χ1v) is 6.77. The number of methoxy groups -OCH3 is 1. The van der Waals surface area contributed by atoms with Crippen molar-refractivity contribution < 1.29 is 14.3 Å². The summed E-state index contributed by atoms with van der Waals surface area (Å²) >= 11 is 0. The van der Waals surface area contributed by atoms with Crippen molar-refractivity contribution in [2.45, 2.75) is 0 Å². The van der Waals surface area contributed by atoms with Gasteiger partial charge in [0.1, 0.15) is 5.56 Å². The molecule has 0 saturated heterocycles. The van der Waals surface area contributed by atoms with Gasteiger partial charge in [0.2, 0.25) is 11.8 Å². The van der Waals surface area contributed by atoms with Crippen LogP contribution in [0.5, 0.6) is 5.88 Å². The molecule has 0 aliphatic rings. The van der Waals surface area contributed by atoms with Gasteiger partial charge in [-0.05, 0) is 36.4 Å². The summed E-state index contributed by atoms with van der Waals surface area (Å²) < 4.78 is 5.03. The normalized spacial score (nSPS) is 9.43. The summed E-state index contributed by atoms with van der Waals surface area (Å²) in [5.41, 5.74) is 6.66. The van der Waals surface area contributed by atoms with Gasteiger partial charge >= 0.3 is 0 Å². The van der Waals surface area contributed by atoms with Crippen molar-refractivity contribution in [2.24, 2.45) is 5.73 Å². The molecule has 116 valence electrons. The lowest BCUT2D eigenvalue weighted by Gasteiger charge is -2.05. The van der Waals surface area contributed by atoms with E-state index in [1.807, 2.05) is 0 Å². The molecule has 1 heterocycles. The second kappa shape index (κ2) is 7.61. The van der Waals surface area contributed by atoms with E-state index < -0.39 is 5.91 Å². The predicted octanol–water partition coefficient (Wildman–Crippen LogP) is 0.971. The third kappa shape index (κ3) is 4.32. The number of amides is 2. The highest BCUT2D eigenvalue weighted by molar-refractivity contribution is 5.96. The fourth-order valence-electron chi connectivity index (χ4n) is 1.81. The number of benzene rings is 1. The lowest BCUT2D eigenvalue weighted by Crippen LogP contribution is -2.24. The monoisotopic (exact) mass is 309 g/mol. The Bertz CT molecular complexity index is 774. The van der Waals surface area contributed by atoms with Crippen molar-refractivity contribution >= 4 is 11.8 Å². The van der Waals surface area contributed by atoms with Gasteiger partial charge in [-0.15, -0.1) is 0 Å². The molecule has 2 rings (SSSR count). The quantitative estimate of drug-likeness (QED) is 0.823. The summed E-state index contributed by atoms with van der Waals surface area (Å²) in [7, 11) is 1.45. The number of rotatable bonds is 4. The van der Waals surface area contributed by atoms with Gasteiger partial charge < -0.3 is 15.8 Å². The third-order valence-electron chi connectivity index (χ3n) is 2.95. The minimum Gasteiger partial charge on any atom is -0.480 e. The molecule has 0 atom stereocenters. The number of nitrogens with one attached hydrogen (secondary N) is 1. The van der Waals surface area contributed by atoms with Crippen LogP contribution >= 0.6 is 0 Å². The minimum atomic E-state index is -0.484. The minimum absolute atomic E-state index is 0.175. The largest absolute Gasteiger partial charge is 0.480 e. The molecular formula is C17H15N3O3. The van der Waals surface area contributed by atoms with Crippen LogP contribution in [0.25, 0.3) is 0 Å². The van der Waals surface area contributed by atoms with Crippen molar-refractivity contribution in [3.8, 4) is 17.7 Å². The van der Waals surface area contributed by atoms with Crippen LogP contribution < -0.4 is 15.8 Å². The number of ether oxygens (including phenoxy) is 1. The zero-order valence-corrected chi connectivity index (χ0v) is 12.5. The first kappa shape index (κ1) is 16.0. The Labute approximate surface area is 133 Å². The Hall–Kier alpha value is -3.33. The van der Waals surface area contributed by atoms with E-state index in [0.717, 1.165) is 5.56 Å². The summed E-state index contributed by atoms with van der Waals surface area (Å²) in [5, 5.41) is 2.67. The highest BCUT2D eigenvalue weighted by atomic mass is 16.5. The first-order valence-electron chi connectivity index (χ1n) is 6.77. The molecule has 0 spiro atoms. The highest BCUT2D eigenvalue weighted by Crippen LogP contribution is 2.12. The fourth-order valence-corrected chi connectivity index (χ4v) is 1.81. The summed E-state index contributed by atoms with van der Waals surface area (Å²) in [4.78, 5) is 26.9. The fraction of sp³-hybridized carbons (Fsp3) is 0.118. The van der Waals surface area contributed by atoms with Gasteiger partial charge in [0.05, 0.1) is 13.7 Å². The van der Waals surface area contributed by atoms with E-state index in [1.54, 1.807) is 42.6 Å². The Balaban J connectivity index is 1.95. The van der Waals surface area contributed by atoms with Crippen LogP contribution in [0.3, 0.4) is 0 Å².